The molecule has 6 N–H and O–H groups in total. The van der Waals surface area contributed by atoms with Crippen LogP contribution in [0, 0.1) is 0 Å². The first-order chi connectivity index (χ1) is 36.8. The fraction of sp³-hybridized carbons (Fsp3) is 0.803. The minimum atomic E-state index is -1.56. The summed E-state index contributed by atoms with van der Waals surface area (Å²) in [6.45, 7) is 3.75. The number of allylic oxidation sites excluding steroid dienone is 12. The number of hydrogen-bond acceptors (Lipinski definition) is 8. The zero-order valence-corrected chi connectivity index (χ0v) is 48.5. The minimum absolute atomic E-state index is 0.141. The van der Waals surface area contributed by atoms with E-state index in [0.717, 1.165) is 83.5 Å². The van der Waals surface area contributed by atoms with Crippen molar-refractivity contribution < 1.29 is 39.8 Å². The van der Waals surface area contributed by atoms with Crippen molar-refractivity contribution in [3.05, 3.63) is 72.9 Å². The van der Waals surface area contributed by atoms with E-state index >= 15 is 0 Å². The standard InChI is InChI=1S/C66H119NO8/c1-3-5-7-9-11-13-15-17-19-21-23-25-27-28-29-30-31-32-34-36-38-40-42-44-46-48-50-52-54-56-62(70)67-59(58-74-66-65(73)64(72)63(71)61(57-68)75-66)60(69)55-53-51-49-47-45-43-41-39-37-35-33-26-24-22-20-18-16-14-12-10-8-6-4-2/h5,7,11,13,17,19,23,25,28-29,31-32,59-61,63-66,68-69,71-73H,3-4,6,8-10,12,14-16,18,20-22,24,26-27,30,33-58H2,1-2H3,(H,67,70)/b7-5-,13-11-,19-17-,25-23-,29-28-,32-31-. The molecule has 0 saturated carbocycles. The summed E-state index contributed by atoms with van der Waals surface area (Å²) in [6.07, 6.45) is 69.3. The summed E-state index contributed by atoms with van der Waals surface area (Å²) in [4.78, 5) is 13.1. The van der Waals surface area contributed by atoms with Crippen LogP contribution in [-0.2, 0) is 14.3 Å². The molecule has 1 aliphatic heterocycles. The summed E-state index contributed by atoms with van der Waals surface area (Å²) >= 11 is 0. The lowest BCUT2D eigenvalue weighted by molar-refractivity contribution is -0.302. The number of amides is 1. The highest BCUT2D eigenvalue weighted by molar-refractivity contribution is 5.76. The van der Waals surface area contributed by atoms with Crippen LogP contribution >= 0.6 is 0 Å². The molecule has 0 bridgehead atoms. The third kappa shape index (κ3) is 44.2. The molecule has 1 rings (SSSR count). The van der Waals surface area contributed by atoms with Gasteiger partial charge in [-0.1, -0.05) is 286 Å². The maximum Gasteiger partial charge on any atom is 0.220 e. The van der Waals surface area contributed by atoms with E-state index in [0.29, 0.717) is 12.8 Å². The van der Waals surface area contributed by atoms with Gasteiger partial charge in [-0.2, -0.15) is 0 Å². The molecule has 0 aromatic rings. The second-order valence-electron chi connectivity index (χ2n) is 21.8. The quantitative estimate of drug-likeness (QED) is 0.0261. The third-order valence-corrected chi connectivity index (χ3v) is 14.8. The Labute approximate surface area is 461 Å². The first kappa shape index (κ1) is 70.6. The predicted molar refractivity (Wildman–Crippen MR) is 318 cm³/mol. The van der Waals surface area contributed by atoms with Crippen LogP contribution in [0.4, 0.5) is 0 Å². The molecule has 0 spiro atoms. The van der Waals surface area contributed by atoms with Crippen molar-refractivity contribution >= 4 is 5.91 Å². The molecule has 0 radical (unpaired) electrons. The zero-order valence-electron chi connectivity index (χ0n) is 48.5. The van der Waals surface area contributed by atoms with Gasteiger partial charge in [-0.25, -0.2) is 0 Å². The van der Waals surface area contributed by atoms with E-state index in [9.17, 15) is 30.3 Å². The number of aliphatic hydroxyl groups is 5. The van der Waals surface area contributed by atoms with E-state index < -0.39 is 49.5 Å². The summed E-state index contributed by atoms with van der Waals surface area (Å²) in [5.74, 6) is -0.148. The van der Waals surface area contributed by atoms with E-state index in [1.807, 2.05) is 0 Å². The van der Waals surface area contributed by atoms with Crippen LogP contribution < -0.4 is 5.32 Å². The maximum atomic E-state index is 13.1. The highest BCUT2D eigenvalue weighted by Crippen LogP contribution is 2.23. The Morgan fingerprint density at radius 1 is 0.467 bits per heavy atom. The van der Waals surface area contributed by atoms with Gasteiger partial charge in [0, 0.05) is 6.42 Å². The number of carbonyl (C=O) groups is 1. The summed E-state index contributed by atoms with van der Waals surface area (Å²) in [5, 5.41) is 54.8. The minimum Gasteiger partial charge on any atom is -0.394 e. The monoisotopic (exact) mass is 1050 g/mol. The Morgan fingerprint density at radius 3 is 1.23 bits per heavy atom. The lowest BCUT2D eigenvalue weighted by Crippen LogP contribution is -2.60. The SMILES string of the molecule is CC/C=C\C/C=C\C/C=C\C/C=C\C/C=C\C/C=C\CCCCCCCCCCCCC(=O)NC(COC1OC(CO)C(O)C(O)C1O)C(O)CCCCCCCCCCCCCCCCCCCCCCCCC. The van der Waals surface area contributed by atoms with Crippen LogP contribution in [0.25, 0.3) is 0 Å². The maximum absolute atomic E-state index is 13.1. The number of carbonyl (C=O) groups excluding carboxylic acids is 1. The summed E-state index contributed by atoms with van der Waals surface area (Å²) in [6, 6.07) is -0.727. The van der Waals surface area contributed by atoms with Gasteiger partial charge in [-0.3, -0.25) is 4.79 Å². The molecular formula is C66H119NO8. The molecule has 436 valence electrons. The van der Waals surface area contributed by atoms with Gasteiger partial charge < -0.3 is 40.3 Å². The van der Waals surface area contributed by atoms with Crippen molar-refractivity contribution in [3.8, 4) is 0 Å². The van der Waals surface area contributed by atoms with Crippen molar-refractivity contribution in [2.45, 2.75) is 326 Å². The number of nitrogens with one attached hydrogen (secondary N) is 1. The molecular weight excluding hydrogens is 935 g/mol. The van der Waals surface area contributed by atoms with Gasteiger partial charge in [0.05, 0.1) is 25.4 Å². The number of aliphatic hydroxyl groups excluding tert-OH is 5. The molecule has 0 aliphatic carbocycles. The van der Waals surface area contributed by atoms with E-state index in [1.165, 1.54) is 173 Å². The van der Waals surface area contributed by atoms with Crippen molar-refractivity contribution in [1.29, 1.82) is 0 Å². The number of hydrogen-bond donors (Lipinski definition) is 6. The smallest absolute Gasteiger partial charge is 0.220 e. The molecule has 9 heteroatoms. The molecule has 9 nitrogen and oxygen atoms in total. The van der Waals surface area contributed by atoms with Gasteiger partial charge in [0.2, 0.25) is 5.91 Å². The molecule has 0 aromatic carbocycles. The molecule has 7 atom stereocenters. The molecule has 7 unspecified atom stereocenters. The fourth-order valence-electron chi connectivity index (χ4n) is 9.87. The van der Waals surface area contributed by atoms with Gasteiger partial charge in [0.1, 0.15) is 24.4 Å². The summed E-state index contributed by atoms with van der Waals surface area (Å²) in [7, 11) is 0. The third-order valence-electron chi connectivity index (χ3n) is 14.8. The number of ether oxygens (including phenoxy) is 2. The highest BCUT2D eigenvalue weighted by atomic mass is 16.7. The number of rotatable bonds is 54. The Kier molecular flexibility index (Phi) is 51.8. The first-order valence-electron chi connectivity index (χ1n) is 31.6. The number of unbranched alkanes of at least 4 members (excludes halogenated alkanes) is 32. The molecule has 75 heavy (non-hydrogen) atoms. The average molecular weight is 1050 g/mol. The zero-order chi connectivity index (χ0) is 54.3. The lowest BCUT2D eigenvalue weighted by atomic mass is 9.99. The second-order valence-corrected chi connectivity index (χ2v) is 21.8. The van der Waals surface area contributed by atoms with Crippen LogP contribution in [-0.4, -0.2) is 87.5 Å². The molecule has 0 aromatic heterocycles. The Balaban J connectivity index is 2.18. The van der Waals surface area contributed by atoms with E-state index in [4.69, 9.17) is 9.47 Å². The Bertz CT molecular complexity index is 1410. The summed E-state index contributed by atoms with van der Waals surface area (Å²) in [5.41, 5.74) is 0. The van der Waals surface area contributed by atoms with Gasteiger partial charge >= 0.3 is 0 Å². The average Bonchev–Trinajstić information content (AvgIpc) is 3.41. The first-order valence-corrected chi connectivity index (χ1v) is 31.6. The van der Waals surface area contributed by atoms with Crippen LogP contribution in [0.1, 0.15) is 284 Å². The van der Waals surface area contributed by atoms with Crippen molar-refractivity contribution in [1.82, 2.24) is 5.32 Å². The van der Waals surface area contributed by atoms with Gasteiger partial charge in [-0.15, -0.1) is 0 Å². The largest absolute Gasteiger partial charge is 0.394 e. The molecule has 1 heterocycles. The predicted octanol–water partition coefficient (Wildman–Crippen LogP) is 16.4. The van der Waals surface area contributed by atoms with Gasteiger partial charge in [-0.05, 0) is 64.2 Å². The molecule has 1 saturated heterocycles. The van der Waals surface area contributed by atoms with Gasteiger partial charge in [0.15, 0.2) is 6.29 Å². The van der Waals surface area contributed by atoms with Gasteiger partial charge in [0.25, 0.3) is 0 Å². The topological polar surface area (TPSA) is 149 Å². The Hall–Kier alpha value is -2.37. The second kappa shape index (κ2) is 55.0. The van der Waals surface area contributed by atoms with Crippen molar-refractivity contribution in [2.24, 2.45) is 0 Å². The van der Waals surface area contributed by atoms with Crippen LogP contribution in [0.15, 0.2) is 72.9 Å². The lowest BCUT2D eigenvalue weighted by Gasteiger charge is -2.40. The van der Waals surface area contributed by atoms with E-state index in [2.05, 4.69) is 92.1 Å². The highest BCUT2D eigenvalue weighted by Gasteiger charge is 2.44. The van der Waals surface area contributed by atoms with Crippen molar-refractivity contribution in [3.63, 3.8) is 0 Å². The normalized spacial score (nSPS) is 19.4. The molecule has 1 aliphatic rings. The van der Waals surface area contributed by atoms with Crippen LogP contribution in [0.3, 0.4) is 0 Å². The fourth-order valence-corrected chi connectivity index (χ4v) is 9.87. The van der Waals surface area contributed by atoms with E-state index in [-0.39, 0.29) is 12.5 Å². The van der Waals surface area contributed by atoms with Crippen molar-refractivity contribution in [2.75, 3.05) is 13.2 Å². The Morgan fingerprint density at radius 2 is 0.827 bits per heavy atom. The molecule has 1 fully saturated rings. The van der Waals surface area contributed by atoms with Crippen LogP contribution in [0.2, 0.25) is 0 Å². The summed E-state index contributed by atoms with van der Waals surface area (Å²) < 4.78 is 11.3. The van der Waals surface area contributed by atoms with Crippen LogP contribution in [0.5, 0.6) is 0 Å². The molecule has 1 amide bonds. The van der Waals surface area contributed by atoms with E-state index in [1.54, 1.807) is 0 Å².